The molecule has 0 aromatic heterocycles. The fourth-order valence-electron chi connectivity index (χ4n) is 2.34. The molecule has 0 fully saturated rings. The highest BCUT2D eigenvalue weighted by molar-refractivity contribution is 5.90. The van der Waals surface area contributed by atoms with Crippen molar-refractivity contribution in [3.63, 3.8) is 0 Å². The second kappa shape index (κ2) is 12.3. The summed E-state index contributed by atoms with van der Waals surface area (Å²) in [5.41, 5.74) is 8.60. The first-order chi connectivity index (χ1) is 12.2. The third-order valence-corrected chi connectivity index (χ3v) is 3.81. The predicted octanol–water partition coefficient (Wildman–Crippen LogP) is 3.55. The van der Waals surface area contributed by atoms with Crippen LogP contribution in [0.3, 0.4) is 0 Å². The molecule has 2 rings (SSSR count). The molecule has 0 aliphatic carbocycles. The summed E-state index contributed by atoms with van der Waals surface area (Å²) in [7, 11) is 1.70. The standard InChI is InChI=1S/C20H26N2O3.ClH/c1-24-14-12-16-6-10-19(11-7-16)25-13-2-3-20(23)22-18-8-4-17(15-21)5-9-18;/h4-11H,2-3,12-15,21H2,1H3,(H,22,23);1H. The lowest BCUT2D eigenvalue weighted by Gasteiger charge is -2.08. The molecule has 0 saturated carbocycles. The molecule has 26 heavy (non-hydrogen) atoms. The maximum Gasteiger partial charge on any atom is 0.224 e. The van der Waals surface area contributed by atoms with Gasteiger partial charge in [-0.2, -0.15) is 0 Å². The SMILES string of the molecule is COCCc1ccc(OCCCC(=O)Nc2ccc(CN)cc2)cc1.Cl. The number of nitrogens with one attached hydrogen (secondary N) is 1. The molecule has 0 unspecified atom stereocenters. The van der Waals surface area contributed by atoms with E-state index in [2.05, 4.69) is 5.32 Å². The Kier molecular flexibility index (Phi) is 10.4. The van der Waals surface area contributed by atoms with Crippen molar-refractivity contribution in [2.45, 2.75) is 25.8 Å². The quantitative estimate of drug-likeness (QED) is 0.620. The second-order valence-electron chi connectivity index (χ2n) is 5.79. The van der Waals surface area contributed by atoms with Crippen LogP contribution in [0, 0.1) is 0 Å². The Morgan fingerprint density at radius 3 is 2.27 bits per heavy atom. The lowest BCUT2D eigenvalue weighted by atomic mass is 10.1. The number of hydrogen-bond acceptors (Lipinski definition) is 4. The van der Waals surface area contributed by atoms with Gasteiger partial charge in [-0.05, 0) is 48.2 Å². The van der Waals surface area contributed by atoms with E-state index in [4.69, 9.17) is 15.2 Å². The van der Waals surface area contributed by atoms with Crippen LogP contribution in [0.15, 0.2) is 48.5 Å². The number of amides is 1. The molecule has 0 bridgehead atoms. The van der Waals surface area contributed by atoms with Crippen molar-refractivity contribution in [2.75, 3.05) is 25.6 Å². The molecule has 3 N–H and O–H groups in total. The molecular formula is C20H27ClN2O3. The summed E-state index contributed by atoms with van der Waals surface area (Å²) < 4.78 is 10.7. The van der Waals surface area contributed by atoms with E-state index < -0.39 is 0 Å². The zero-order valence-electron chi connectivity index (χ0n) is 15.1. The highest BCUT2D eigenvalue weighted by atomic mass is 35.5. The van der Waals surface area contributed by atoms with Gasteiger partial charge in [0.25, 0.3) is 0 Å². The van der Waals surface area contributed by atoms with Crippen LogP contribution in [0.1, 0.15) is 24.0 Å². The van der Waals surface area contributed by atoms with Gasteiger partial charge in [-0.25, -0.2) is 0 Å². The number of carbonyl (C=O) groups is 1. The van der Waals surface area contributed by atoms with Crippen molar-refractivity contribution in [3.05, 3.63) is 59.7 Å². The van der Waals surface area contributed by atoms with Crippen LogP contribution in [-0.4, -0.2) is 26.2 Å². The van der Waals surface area contributed by atoms with Crippen molar-refractivity contribution in [3.8, 4) is 5.75 Å². The third-order valence-electron chi connectivity index (χ3n) is 3.81. The van der Waals surface area contributed by atoms with Crippen LogP contribution in [0.25, 0.3) is 0 Å². The Bertz CT molecular complexity index is 645. The molecule has 0 spiro atoms. The summed E-state index contributed by atoms with van der Waals surface area (Å²) in [5.74, 6) is 0.804. The Balaban J connectivity index is 0.00000338. The number of anilines is 1. The average molecular weight is 379 g/mol. The van der Waals surface area contributed by atoms with E-state index in [1.165, 1.54) is 5.56 Å². The largest absolute Gasteiger partial charge is 0.494 e. The molecule has 6 heteroatoms. The van der Waals surface area contributed by atoms with Crippen LogP contribution < -0.4 is 15.8 Å². The molecule has 2 aromatic rings. The summed E-state index contributed by atoms with van der Waals surface area (Å²) in [6, 6.07) is 15.5. The van der Waals surface area contributed by atoms with Gasteiger partial charge in [0.2, 0.25) is 5.91 Å². The maximum absolute atomic E-state index is 11.9. The number of methoxy groups -OCH3 is 1. The second-order valence-corrected chi connectivity index (χ2v) is 5.79. The minimum atomic E-state index is -0.0148. The van der Waals surface area contributed by atoms with E-state index >= 15 is 0 Å². The van der Waals surface area contributed by atoms with Gasteiger partial charge < -0.3 is 20.5 Å². The van der Waals surface area contributed by atoms with Crippen LogP contribution in [0.5, 0.6) is 5.75 Å². The summed E-state index contributed by atoms with van der Waals surface area (Å²) in [6.45, 7) is 1.72. The zero-order chi connectivity index (χ0) is 17.9. The molecule has 5 nitrogen and oxygen atoms in total. The smallest absolute Gasteiger partial charge is 0.224 e. The first-order valence-electron chi connectivity index (χ1n) is 8.51. The number of benzene rings is 2. The summed E-state index contributed by atoms with van der Waals surface area (Å²) in [4.78, 5) is 11.9. The van der Waals surface area contributed by atoms with Crippen molar-refractivity contribution in [1.29, 1.82) is 0 Å². The minimum absolute atomic E-state index is 0. The summed E-state index contributed by atoms with van der Waals surface area (Å²) >= 11 is 0. The van der Waals surface area contributed by atoms with Crippen molar-refractivity contribution in [2.24, 2.45) is 5.73 Å². The van der Waals surface area contributed by atoms with Gasteiger partial charge >= 0.3 is 0 Å². The van der Waals surface area contributed by atoms with E-state index in [1.54, 1.807) is 7.11 Å². The van der Waals surface area contributed by atoms with E-state index in [0.717, 1.165) is 23.4 Å². The van der Waals surface area contributed by atoms with E-state index in [0.29, 0.717) is 32.6 Å². The van der Waals surface area contributed by atoms with Gasteiger partial charge in [0.05, 0.1) is 13.2 Å². The molecule has 1 amide bonds. The Morgan fingerprint density at radius 1 is 1.00 bits per heavy atom. The van der Waals surface area contributed by atoms with Crippen LogP contribution in [0.2, 0.25) is 0 Å². The summed E-state index contributed by atoms with van der Waals surface area (Å²) in [5, 5.41) is 2.87. The van der Waals surface area contributed by atoms with Crippen LogP contribution >= 0.6 is 12.4 Å². The first-order valence-corrected chi connectivity index (χ1v) is 8.51. The highest BCUT2D eigenvalue weighted by Crippen LogP contribution is 2.14. The normalized spacial score (nSPS) is 10.1. The Hall–Kier alpha value is -2.08. The molecule has 0 heterocycles. The van der Waals surface area contributed by atoms with Gasteiger partial charge in [-0.15, -0.1) is 12.4 Å². The van der Waals surface area contributed by atoms with Crippen molar-refractivity contribution < 1.29 is 14.3 Å². The Morgan fingerprint density at radius 2 is 1.65 bits per heavy atom. The summed E-state index contributed by atoms with van der Waals surface area (Å²) in [6.07, 6.45) is 1.98. The number of halogens is 1. The highest BCUT2D eigenvalue weighted by Gasteiger charge is 2.03. The lowest BCUT2D eigenvalue weighted by Crippen LogP contribution is -2.13. The number of carbonyl (C=O) groups excluding carboxylic acids is 1. The molecule has 142 valence electrons. The van der Waals surface area contributed by atoms with Gasteiger partial charge in [0.15, 0.2) is 0 Å². The Labute approximate surface area is 161 Å². The van der Waals surface area contributed by atoms with Gasteiger partial charge in [0, 0.05) is 25.8 Å². The third kappa shape index (κ3) is 7.87. The zero-order valence-corrected chi connectivity index (χ0v) is 15.9. The lowest BCUT2D eigenvalue weighted by molar-refractivity contribution is -0.116. The number of rotatable bonds is 10. The number of hydrogen-bond donors (Lipinski definition) is 2. The predicted molar refractivity (Wildman–Crippen MR) is 107 cm³/mol. The fraction of sp³-hybridized carbons (Fsp3) is 0.350. The number of nitrogens with two attached hydrogens (primary N) is 1. The van der Waals surface area contributed by atoms with Gasteiger partial charge in [-0.3, -0.25) is 4.79 Å². The molecule has 2 aromatic carbocycles. The van der Waals surface area contributed by atoms with Gasteiger partial charge in [0.1, 0.15) is 5.75 Å². The first kappa shape index (κ1) is 22.0. The molecular weight excluding hydrogens is 352 g/mol. The minimum Gasteiger partial charge on any atom is -0.494 e. The van der Waals surface area contributed by atoms with Crippen molar-refractivity contribution in [1.82, 2.24) is 0 Å². The molecule has 0 saturated heterocycles. The van der Waals surface area contributed by atoms with Gasteiger partial charge in [-0.1, -0.05) is 24.3 Å². The monoisotopic (exact) mass is 378 g/mol. The molecule has 0 atom stereocenters. The molecule has 0 radical (unpaired) electrons. The number of ether oxygens (including phenoxy) is 2. The van der Waals surface area contributed by atoms with E-state index in [1.807, 2.05) is 48.5 Å². The fourth-order valence-corrected chi connectivity index (χ4v) is 2.34. The molecule has 0 aliphatic heterocycles. The topological polar surface area (TPSA) is 73.6 Å². The maximum atomic E-state index is 11.9. The van der Waals surface area contributed by atoms with E-state index in [-0.39, 0.29) is 18.3 Å². The average Bonchev–Trinajstić information content (AvgIpc) is 2.65. The van der Waals surface area contributed by atoms with E-state index in [9.17, 15) is 4.79 Å². The van der Waals surface area contributed by atoms with Crippen molar-refractivity contribution >= 4 is 24.0 Å². The molecule has 0 aliphatic rings. The van der Waals surface area contributed by atoms with Crippen LogP contribution in [-0.2, 0) is 22.5 Å². The van der Waals surface area contributed by atoms with Crippen LogP contribution in [0.4, 0.5) is 5.69 Å².